The summed E-state index contributed by atoms with van der Waals surface area (Å²) in [6, 6.07) is 21.9. The standard InChI is InChI=1S/C20H21N3O/c21-13-16-6-8-17(9-7-16)14-22-20(24)19-11-10-18(23-19)12-15-4-2-1-3-5-15/h1-11,23H,12-14,21H2,(H,22,24). The topological polar surface area (TPSA) is 70.9 Å². The summed E-state index contributed by atoms with van der Waals surface area (Å²) in [5.41, 5.74) is 10.5. The van der Waals surface area contributed by atoms with E-state index < -0.39 is 0 Å². The first kappa shape index (κ1) is 16.0. The van der Waals surface area contributed by atoms with E-state index in [9.17, 15) is 4.79 Å². The molecule has 0 atom stereocenters. The highest BCUT2D eigenvalue weighted by Crippen LogP contribution is 2.10. The maximum atomic E-state index is 12.2. The summed E-state index contributed by atoms with van der Waals surface area (Å²) in [5, 5.41) is 2.93. The highest BCUT2D eigenvalue weighted by molar-refractivity contribution is 5.92. The number of H-pyrrole nitrogens is 1. The van der Waals surface area contributed by atoms with Crippen LogP contribution in [-0.2, 0) is 19.5 Å². The van der Waals surface area contributed by atoms with Crippen molar-refractivity contribution in [2.24, 2.45) is 5.73 Å². The van der Waals surface area contributed by atoms with Crippen LogP contribution in [0.15, 0.2) is 66.7 Å². The van der Waals surface area contributed by atoms with Crippen LogP contribution in [0.2, 0.25) is 0 Å². The van der Waals surface area contributed by atoms with Crippen molar-refractivity contribution < 1.29 is 4.79 Å². The quantitative estimate of drug-likeness (QED) is 0.653. The van der Waals surface area contributed by atoms with Gasteiger partial charge in [-0.3, -0.25) is 4.79 Å². The summed E-state index contributed by atoms with van der Waals surface area (Å²) < 4.78 is 0. The number of amides is 1. The molecule has 0 aliphatic rings. The third-order valence-electron chi connectivity index (χ3n) is 3.94. The van der Waals surface area contributed by atoms with Crippen molar-refractivity contribution in [3.63, 3.8) is 0 Å². The largest absolute Gasteiger partial charge is 0.354 e. The molecule has 0 fully saturated rings. The Labute approximate surface area is 141 Å². The molecule has 1 amide bonds. The number of hydrogen-bond acceptors (Lipinski definition) is 2. The van der Waals surface area contributed by atoms with Crippen LogP contribution in [0, 0.1) is 0 Å². The second kappa shape index (κ2) is 7.62. The highest BCUT2D eigenvalue weighted by Gasteiger charge is 2.08. The van der Waals surface area contributed by atoms with Gasteiger partial charge >= 0.3 is 0 Å². The Morgan fingerprint density at radius 3 is 2.29 bits per heavy atom. The Kier molecular flexibility index (Phi) is 5.08. The van der Waals surface area contributed by atoms with E-state index >= 15 is 0 Å². The summed E-state index contributed by atoms with van der Waals surface area (Å²) in [6.07, 6.45) is 0.786. The lowest BCUT2D eigenvalue weighted by Gasteiger charge is -2.05. The molecule has 24 heavy (non-hydrogen) atoms. The van der Waals surface area contributed by atoms with Crippen LogP contribution in [0.1, 0.15) is 32.9 Å². The highest BCUT2D eigenvalue weighted by atomic mass is 16.1. The van der Waals surface area contributed by atoms with Gasteiger partial charge in [0.05, 0.1) is 0 Å². The van der Waals surface area contributed by atoms with E-state index in [0.29, 0.717) is 18.8 Å². The SMILES string of the molecule is NCc1ccc(CNC(=O)c2ccc(Cc3ccccc3)[nH]2)cc1. The Hall–Kier alpha value is -2.85. The van der Waals surface area contributed by atoms with E-state index in [-0.39, 0.29) is 5.91 Å². The predicted molar refractivity (Wildman–Crippen MR) is 95.5 cm³/mol. The minimum atomic E-state index is -0.0998. The fourth-order valence-corrected chi connectivity index (χ4v) is 2.56. The lowest BCUT2D eigenvalue weighted by Crippen LogP contribution is -2.23. The monoisotopic (exact) mass is 319 g/mol. The first-order valence-corrected chi connectivity index (χ1v) is 8.02. The summed E-state index contributed by atoms with van der Waals surface area (Å²) >= 11 is 0. The van der Waals surface area contributed by atoms with Gasteiger partial charge in [0.1, 0.15) is 5.69 Å². The van der Waals surface area contributed by atoms with Crippen molar-refractivity contribution in [3.8, 4) is 0 Å². The van der Waals surface area contributed by atoms with E-state index in [1.54, 1.807) is 0 Å². The van der Waals surface area contributed by atoms with Gasteiger partial charge in [-0.05, 0) is 28.8 Å². The number of aromatic nitrogens is 1. The second-order valence-corrected chi connectivity index (χ2v) is 5.76. The summed E-state index contributed by atoms with van der Waals surface area (Å²) in [5.74, 6) is -0.0998. The minimum absolute atomic E-state index is 0.0998. The van der Waals surface area contributed by atoms with Crippen LogP contribution in [0.3, 0.4) is 0 Å². The molecule has 0 aliphatic heterocycles. The third kappa shape index (κ3) is 4.12. The van der Waals surface area contributed by atoms with Gasteiger partial charge in [-0.25, -0.2) is 0 Å². The van der Waals surface area contributed by atoms with Gasteiger partial charge in [-0.1, -0.05) is 54.6 Å². The molecule has 4 N–H and O–H groups in total. The summed E-state index contributed by atoms with van der Waals surface area (Å²) in [7, 11) is 0. The zero-order chi connectivity index (χ0) is 16.8. The molecule has 3 aromatic rings. The molecular weight excluding hydrogens is 298 g/mol. The van der Waals surface area contributed by atoms with E-state index in [4.69, 9.17) is 5.73 Å². The molecule has 4 nitrogen and oxygen atoms in total. The zero-order valence-electron chi connectivity index (χ0n) is 13.5. The van der Waals surface area contributed by atoms with Crippen molar-refractivity contribution >= 4 is 5.91 Å². The molecule has 3 rings (SSSR count). The normalized spacial score (nSPS) is 10.5. The molecule has 0 saturated carbocycles. The summed E-state index contributed by atoms with van der Waals surface area (Å²) in [6.45, 7) is 1.02. The van der Waals surface area contributed by atoms with Crippen molar-refractivity contribution in [1.29, 1.82) is 0 Å². The average Bonchev–Trinajstić information content (AvgIpc) is 3.09. The van der Waals surface area contributed by atoms with Crippen LogP contribution in [0.5, 0.6) is 0 Å². The number of hydrogen-bond donors (Lipinski definition) is 3. The van der Waals surface area contributed by atoms with Gasteiger partial charge in [-0.15, -0.1) is 0 Å². The Bertz CT molecular complexity index is 791. The molecule has 1 heterocycles. The lowest BCUT2D eigenvalue weighted by molar-refractivity contribution is 0.0946. The van der Waals surface area contributed by atoms with Gasteiger partial charge in [0.25, 0.3) is 5.91 Å². The van der Waals surface area contributed by atoms with Crippen molar-refractivity contribution in [3.05, 3.63) is 94.8 Å². The number of benzene rings is 2. The molecule has 122 valence electrons. The Balaban J connectivity index is 1.57. The third-order valence-corrected chi connectivity index (χ3v) is 3.94. The number of carbonyl (C=O) groups is 1. The zero-order valence-corrected chi connectivity index (χ0v) is 13.5. The molecule has 0 saturated heterocycles. The molecule has 0 unspecified atom stereocenters. The smallest absolute Gasteiger partial charge is 0.267 e. The number of aromatic amines is 1. The molecule has 0 spiro atoms. The predicted octanol–water partition coefficient (Wildman–Crippen LogP) is 2.99. The van der Waals surface area contributed by atoms with Crippen LogP contribution in [0.4, 0.5) is 0 Å². The first-order valence-electron chi connectivity index (χ1n) is 8.02. The Morgan fingerprint density at radius 2 is 1.58 bits per heavy atom. The van der Waals surface area contributed by atoms with Gasteiger partial charge in [0.2, 0.25) is 0 Å². The Morgan fingerprint density at radius 1 is 0.875 bits per heavy atom. The van der Waals surface area contributed by atoms with Crippen LogP contribution < -0.4 is 11.1 Å². The fourth-order valence-electron chi connectivity index (χ4n) is 2.56. The maximum absolute atomic E-state index is 12.2. The molecule has 2 aromatic carbocycles. The first-order chi connectivity index (χ1) is 11.7. The van der Waals surface area contributed by atoms with Crippen molar-refractivity contribution in [2.75, 3.05) is 0 Å². The van der Waals surface area contributed by atoms with E-state index in [1.807, 2.05) is 54.6 Å². The average molecular weight is 319 g/mol. The van der Waals surface area contributed by atoms with E-state index in [1.165, 1.54) is 5.56 Å². The van der Waals surface area contributed by atoms with Gasteiger partial charge in [0.15, 0.2) is 0 Å². The molecule has 0 aliphatic carbocycles. The van der Waals surface area contributed by atoms with Gasteiger partial charge in [-0.2, -0.15) is 0 Å². The molecule has 4 heteroatoms. The lowest BCUT2D eigenvalue weighted by atomic mass is 10.1. The molecule has 0 bridgehead atoms. The van der Waals surface area contributed by atoms with E-state index in [2.05, 4.69) is 22.4 Å². The number of nitrogens with two attached hydrogens (primary N) is 1. The van der Waals surface area contributed by atoms with Crippen molar-refractivity contribution in [1.82, 2.24) is 10.3 Å². The fraction of sp³-hybridized carbons (Fsp3) is 0.150. The van der Waals surface area contributed by atoms with Gasteiger partial charge in [0, 0.05) is 25.2 Å². The molecule has 1 aromatic heterocycles. The van der Waals surface area contributed by atoms with E-state index in [0.717, 1.165) is 23.2 Å². The van der Waals surface area contributed by atoms with Gasteiger partial charge < -0.3 is 16.0 Å². The number of rotatable bonds is 6. The second-order valence-electron chi connectivity index (χ2n) is 5.76. The molecule has 0 radical (unpaired) electrons. The van der Waals surface area contributed by atoms with Crippen LogP contribution >= 0.6 is 0 Å². The number of nitrogens with one attached hydrogen (secondary N) is 2. The van der Waals surface area contributed by atoms with Crippen LogP contribution in [0.25, 0.3) is 0 Å². The van der Waals surface area contributed by atoms with Crippen LogP contribution in [-0.4, -0.2) is 10.9 Å². The molecular formula is C20H21N3O. The maximum Gasteiger partial charge on any atom is 0.267 e. The van der Waals surface area contributed by atoms with Crippen molar-refractivity contribution in [2.45, 2.75) is 19.5 Å². The number of carbonyl (C=O) groups excluding carboxylic acids is 1. The minimum Gasteiger partial charge on any atom is -0.354 e. The summed E-state index contributed by atoms with van der Waals surface area (Å²) in [4.78, 5) is 15.4.